The monoisotopic (exact) mass is 812 g/mol. The lowest BCUT2D eigenvalue weighted by molar-refractivity contribution is 0.666. The Labute approximate surface area is 370 Å². The molecular formula is C63H40O. The van der Waals surface area contributed by atoms with Crippen molar-refractivity contribution in [2.75, 3.05) is 0 Å². The second-order valence-corrected chi connectivity index (χ2v) is 18.3. The minimum atomic E-state index is -0.134. The van der Waals surface area contributed by atoms with Crippen molar-refractivity contribution in [1.29, 1.82) is 0 Å². The van der Waals surface area contributed by atoms with E-state index < -0.39 is 0 Å². The molecule has 1 aliphatic carbocycles. The van der Waals surface area contributed by atoms with E-state index in [0.717, 1.165) is 21.9 Å². The molecule has 0 N–H and O–H groups in total. The summed E-state index contributed by atoms with van der Waals surface area (Å²) < 4.78 is 6.59. The van der Waals surface area contributed by atoms with Gasteiger partial charge in [-0.25, -0.2) is 0 Å². The number of furan rings is 1. The lowest BCUT2D eigenvalue weighted by atomic mass is 9.79. The first-order chi connectivity index (χ1) is 31.5. The van der Waals surface area contributed by atoms with Crippen LogP contribution in [0, 0.1) is 0 Å². The van der Waals surface area contributed by atoms with Crippen LogP contribution in [-0.4, -0.2) is 0 Å². The first kappa shape index (κ1) is 35.6. The van der Waals surface area contributed by atoms with Crippen LogP contribution < -0.4 is 0 Å². The molecule has 0 atom stereocenters. The van der Waals surface area contributed by atoms with E-state index in [4.69, 9.17) is 4.42 Å². The van der Waals surface area contributed by atoms with E-state index in [1.807, 2.05) is 0 Å². The van der Waals surface area contributed by atoms with Crippen molar-refractivity contribution in [2.24, 2.45) is 0 Å². The van der Waals surface area contributed by atoms with Crippen molar-refractivity contribution in [3.05, 3.63) is 217 Å². The van der Waals surface area contributed by atoms with Gasteiger partial charge < -0.3 is 4.42 Å². The van der Waals surface area contributed by atoms with Crippen LogP contribution >= 0.6 is 0 Å². The van der Waals surface area contributed by atoms with Crippen LogP contribution in [0.2, 0.25) is 0 Å². The van der Waals surface area contributed by atoms with E-state index in [0.29, 0.717) is 0 Å². The molecule has 298 valence electrons. The molecule has 0 bridgehead atoms. The highest BCUT2D eigenvalue weighted by Gasteiger charge is 2.38. The normalized spacial score (nSPS) is 13.3. The van der Waals surface area contributed by atoms with Crippen molar-refractivity contribution in [3.63, 3.8) is 0 Å². The molecule has 64 heavy (non-hydrogen) atoms. The Morgan fingerprint density at radius 2 is 0.703 bits per heavy atom. The number of rotatable bonds is 3. The van der Waals surface area contributed by atoms with Gasteiger partial charge in [-0.05, 0) is 157 Å². The minimum Gasteiger partial charge on any atom is -0.456 e. The summed E-state index contributed by atoms with van der Waals surface area (Å²) in [7, 11) is 0. The Morgan fingerprint density at radius 3 is 1.33 bits per heavy atom. The van der Waals surface area contributed by atoms with Gasteiger partial charge in [0.15, 0.2) is 0 Å². The summed E-state index contributed by atoms with van der Waals surface area (Å²) in [6.45, 7) is 4.79. The Bertz CT molecular complexity index is 4100. The maximum Gasteiger partial charge on any atom is 0.135 e. The molecule has 1 nitrogen and oxygen atoms in total. The number of hydrogen-bond donors (Lipinski definition) is 0. The molecule has 0 saturated carbocycles. The van der Waals surface area contributed by atoms with Crippen molar-refractivity contribution < 1.29 is 4.42 Å². The molecule has 0 unspecified atom stereocenters. The molecule has 13 aromatic rings. The highest BCUT2D eigenvalue weighted by atomic mass is 16.3. The molecule has 0 radical (unpaired) electrons. The third-order valence-corrected chi connectivity index (χ3v) is 14.6. The summed E-state index contributed by atoms with van der Waals surface area (Å²) in [6, 6.07) is 76.6. The zero-order valence-corrected chi connectivity index (χ0v) is 35.5. The molecule has 12 aromatic carbocycles. The topological polar surface area (TPSA) is 13.1 Å². The quantitative estimate of drug-likeness (QED) is 0.128. The van der Waals surface area contributed by atoms with Gasteiger partial charge in [0.05, 0.1) is 0 Å². The summed E-state index contributed by atoms with van der Waals surface area (Å²) in [6.07, 6.45) is 0. The predicted octanol–water partition coefficient (Wildman–Crippen LogP) is 17.8. The average molecular weight is 813 g/mol. The second kappa shape index (κ2) is 13.0. The van der Waals surface area contributed by atoms with Crippen molar-refractivity contribution in [1.82, 2.24) is 0 Å². The lowest BCUT2D eigenvalue weighted by Crippen LogP contribution is -2.15. The van der Waals surface area contributed by atoms with Gasteiger partial charge in [-0.3, -0.25) is 0 Å². The van der Waals surface area contributed by atoms with Gasteiger partial charge in [0.1, 0.15) is 11.2 Å². The fraction of sp³-hybridized carbons (Fsp3) is 0.0476. The van der Waals surface area contributed by atoms with Gasteiger partial charge in [-0.15, -0.1) is 0 Å². The fourth-order valence-electron chi connectivity index (χ4n) is 11.7. The van der Waals surface area contributed by atoms with Crippen LogP contribution in [0.3, 0.4) is 0 Å². The first-order valence-corrected chi connectivity index (χ1v) is 22.4. The number of hydrogen-bond acceptors (Lipinski definition) is 1. The van der Waals surface area contributed by atoms with Gasteiger partial charge in [0.2, 0.25) is 0 Å². The lowest BCUT2D eigenvalue weighted by Gasteiger charge is -2.24. The Kier molecular flexibility index (Phi) is 7.24. The summed E-state index contributed by atoms with van der Waals surface area (Å²) in [5.41, 5.74) is 14.5. The SMILES string of the molecule is CC1(C)c2ccc(-c3ccc4oc5ccc(-c6c7ccccc7c(-c7ccc8ccc9ccccc9c8c7)c7ccccc67)cc5c4c3)cc2-c2c1c1ccccc1c1ccccc21. The average Bonchev–Trinajstić information content (AvgIpc) is 3.83. The van der Waals surface area contributed by atoms with Crippen LogP contribution in [0.15, 0.2) is 211 Å². The van der Waals surface area contributed by atoms with Crippen LogP contribution in [-0.2, 0) is 5.41 Å². The molecule has 1 aliphatic rings. The Balaban J connectivity index is 0.946. The maximum absolute atomic E-state index is 6.59. The van der Waals surface area contributed by atoms with Crippen molar-refractivity contribution in [3.8, 4) is 44.5 Å². The molecule has 0 fully saturated rings. The van der Waals surface area contributed by atoms with Crippen LogP contribution in [0.4, 0.5) is 0 Å². The Hall–Kier alpha value is -8.00. The predicted molar refractivity (Wildman–Crippen MR) is 273 cm³/mol. The zero-order valence-electron chi connectivity index (χ0n) is 35.5. The third-order valence-electron chi connectivity index (χ3n) is 14.6. The fourth-order valence-corrected chi connectivity index (χ4v) is 11.7. The van der Waals surface area contributed by atoms with Gasteiger partial charge in [0, 0.05) is 16.2 Å². The summed E-state index contributed by atoms with van der Waals surface area (Å²) in [5, 5.41) is 17.6. The Morgan fingerprint density at radius 1 is 0.297 bits per heavy atom. The standard InChI is InChI=1S/C63H40O/c1-63(2)56-30-27-39(34-55(56)61-46-17-7-5-15-44(46)45-16-6-12-22-51(45)62(61)63)40-28-31-57-53(33-40)54-36-42(29-32-58(54)64-57)60-49-20-10-8-18-47(49)59(48-19-9-11-21-50(48)60)41-26-25-38-24-23-37-13-3-4-14-43(37)52(38)35-41/h3-36H,1-2H3. The third kappa shape index (κ3) is 4.90. The molecule has 1 heterocycles. The van der Waals surface area contributed by atoms with Crippen LogP contribution in [0.25, 0.3) is 131 Å². The molecule has 1 aromatic heterocycles. The number of fused-ring (bicyclic) bond motifs is 16. The van der Waals surface area contributed by atoms with Gasteiger partial charge >= 0.3 is 0 Å². The zero-order chi connectivity index (χ0) is 42.3. The minimum absolute atomic E-state index is 0.134. The van der Waals surface area contributed by atoms with Crippen LogP contribution in [0.5, 0.6) is 0 Å². The van der Waals surface area contributed by atoms with E-state index in [-0.39, 0.29) is 5.41 Å². The molecule has 0 spiro atoms. The summed E-state index contributed by atoms with van der Waals surface area (Å²) >= 11 is 0. The first-order valence-electron chi connectivity index (χ1n) is 22.4. The van der Waals surface area contributed by atoms with Gasteiger partial charge in [0.25, 0.3) is 0 Å². The molecular weight excluding hydrogens is 773 g/mol. The van der Waals surface area contributed by atoms with Crippen molar-refractivity contribution >= 4 is 86.6 Å². The maximum atomic E-state index is 6.59. The van der Waals surface area contributed by atoms with E-state index in [2.05, 4.69) is 220 Å². The second-order valence-electron chi connectivity index (χ2n) is 18.3. The summed E-state index contributed by atoms with van der Waals surface area (Å²) in [4.78, 5) is 0. The van der Waals surface area contributed by atoms with Crippen molar-refractivity contribution in [2.45, 2.75) is 19.3 Å². The highest BCUT2D eigenvalue weighted by molar-refractivity contribution is 6.23. The molecule has 14 rings (SSSR count). The van der Waals surface area contributed by atoms with Crippen LogP contribution in [0.1, 0.15) is 25.0 Å². The molecule has 1 heteroatoms. The van der Waals surface area contributed by atoms with E-state index >= 15 is 0 Å². The number of benzene rings is 12. The largest absolute Gasteiger partial charge is 0.456 e. The molecule has 0 saturated heterocycles. The molecule has 0 aliphatic heterocycles. The molecule has 0 amide bonds. The van der Waals surface area contributed by atoms with E-state index in [1.165, 1.54) is 120 Å². The van der Waals surface area contributed by atoms with Gasteiger partial charge in [-0.2, -0.15) is 0 Å². The highest BCUT2D eigenvalue weighted by Crippen LogP contribution is 2.55. The van der Waals surface area contributed by atoms with E-state index in [9.17, 15) is 0 Å². The van der Waals surface area contributed by atoms with E-state index in [1.54, 1.807) is 0 Å². The van der Waals surface area contributed by atoms with Gasteiger partial charge in [-0.1, -0.05) is 184 Å². The summed E-state index contributed by atoms with van der Waals surface area (Å²) in [5.74, 6) is 0. The smallest absolute Gasteiger partial charge is 0.135 e.